The summed E-state index contributed by atoms with van der Waals surface area (Å²) in [7, 11) is -3.06. The van der Waals surface area contributed by atoms with Crippen LogP contribution in [0.3, 0.4) is 0 Å². The molecule has 1 heterocycles. The van der Waals surface area contributed by atoms with E-state index >= 15 is 0 Å². The van der Waals surface area contributed by atoms with Crippen LogP contribution < -0.4 is 5.32 Å². The van der Waals surface area contributed by atoms with Gasteiger partial charge in [0.1, 0.15) is 0 Å². The van der Waals surface area contributed by atoms with Gasteiger partial charge in [0.05, 0.1) is 5.75 Å². The van der Waals surface area contributed by atoms with Gasteiger partial charge in [0.25, 0.3) is 0 Å². The van der Waals surface area contributed by atoms with Gasteiger partial charge in [0.15, 0.2) is 0 Å². The van der Waals surface area contributed by atoms with Crippen molar-refractivity contribution in [2.75, 3.05) is 25.4 Å². The number of hydrogen-bond acceptors (Lipinski definition) is 3. The van der Waals surface area contributed by atoms with Crippen molar-refractivity contribution in [3.8, 4) is 0 Å². The van der Waals surface area contributed by atoms with E-state index in [1.54, 1.807) is 4.31 Å². The van der Waals surface area contributed by atoms with Crippen LogP contribution in [0.2, 0.25) is 0 Å². The van der Waals surface area contributed by atoms with E-state index in [2.05, 4.69) is 26.1 Å². The van der Waals surface area contributed by atoms with Crippen LogP contribution in [0.1, 0.15) is 53.4 Å². The van der Waals surface area contributed by atoms with Crippen LogP contribution >= 0.6 is 0 Å². The van der Waals surface area contributed by atoms with Crippen LogP contribution in [0.5, 0.6) is 0 Å². The van der Waals surface area contributed by atoms with E-state index in [0.29, 0.717) is 13.0 Å². The molecule has 1 aliphatic heterocycles. The Morgan fingerprint density at radius 2 is 1.95 bits per heavy atom. The average molecular weight is 290 g/mol. The zero-order valence-electron chi connectivity index (χ0n) is 12.9. The molecule has 19 heavy (non-hydrogen) atoms. The fourth-order valence-corrected chi connectivity index (χ4v) is 4.25. The lowest BCUT2D eigenvalue weighted by atomic mass is 9.97. The topological polar surface area (TPSA) is 49.4 Å². The second-order valence-electron chi connectivity index (χ2n) is 6.86. The zero-order chi connectivity index (χ0) is 14.5. The number of hydrogen-bond donors (Lipinski definition) is 1. The molecule has 1 fully saturated rings. The van der Waals surface area contributed by atoms with E-state index in [0.717, 1.165) is 32.4 Å². The molecule has 1 aliphatic rings. The molecule has 1 rings (SSSR count). The van der Waals surface area contributed by atoms with Crippen molar-refractivity contribution >= 4 is 10.0 Å². The zero-order valence-corrected chi connectivity index (χ0v) is 13.7. The molecule has 1 atom stereocenters. The summed E-state index contributed by atoms with van der Waals surface area (Å²) in [6, 6.07) is 0.182. The summed E-state index contributed by atoms with van der Waals surface area (Å²) in [5.74, 6) is 0.272. The van der Waals surface area contributed by atoms with Gasteiger partial charge in [0.2, 0.25) is 10.0 Å². The van der Waals surface area contributed by atoms with Gasteiger partial charge in [-0.25, -0.2) is 8.42 Å². The van der Waals surface area contributed by atoms with E-state index in [4.69, 9.17) is 0 Å². The van der Waals surface area contributed by atoms with Crippen molar-refractivity contribution in [3.63, 3.8) is 0 Å². The first-order valence-corrected chi connectivity index (χ1v) is 9.03. The lowest BCUT2D eigenvalue weighted by Crippen LogP contribution is -2.43. The summed E-state index contributed by atoms with van der Waals surface area (Å²) in [6.45, 7) is 10.9. The fraction of sp³-hybridized carbons (Fsp3) is 1.00. The maximum atomic E-state index is 12.3. The molecule has 0 unspecified atom stereocenters. The van der Waals surface area contributed by atoms with Crippen molar-refractivity contribution in [2.45, 2.75) is 59.4 Å². The quantitative estimate of drug-likeness (QED) is 0.763. The molecule has 0 amide bonds. The van der Waals surface area contributed by atoms with Gasteiger partial charge in [-0.3, -0.25) is 0 Å². The summed E-state index contributed by atoms with van der Waals surface area (Å²) >= 11 is 0. The summed E-state index contributed by atoms with van der Waals surface area (Å²) in [5.41, 5.74) is 0.250. The molecule has 0 aromatic rings. The van der Waals surface area contributed by atoms with Crippen LogP contribution in [0.4, 0.5) is 0 Å². The predicted octanol–water partition coefficient (Wildman–Crippen LogP) is 2.22. The van der Waals surface area contributed by atoms with E-state index < -0.39 is 10.0 Å². The largest absolute Gasteiger partial charge is 0.316 e. The summed E-state index contributed by atoms with van der Waals surface area (Å²) in [5, 5.41) is 3.33. The van der Waals surface area contributed by atoms with Crippen molar-refractivity contribution in [1.82, 2.24) is 9.62 Å². The highest BCUT2D eigenvalue weighted by Crippen LogP contribution is 2.20. The molecule has 0 spiro atoms. The minimum absolute atomic E-state index is 0.182. The normalized spacial score (nSPS) is 22.6. The Kier molecular flexibility index (Phi) is 6.27. The second kappa shape index (κ2) is 7.04. The Labute approximate surface area is 119 Å². The highest BCUT2D eigenvalue weighted by Gasteiger charge is 2.28. The smallest absolute Gasteiger partial charge is 0.214 e. The molecule has 1 N–H and O–H groups in total. The number of piperidine rings is 1. The van der Waals surface area contributed by atoms with Crippen LogP contribution in [0.25, 0.3) is 0 Å². The Morgan fingerprint density at radius 3 is 2.53 bits per heavy atom. The van der Waals surface area contributed by atoms with Crippen molar-refractivity contribution in [1.29, 1.82) is 0 Å². The molecule has 0 bridgehead atoms. The monoisotopic (exact) mass is 290 g/mol. The molecule has 114 valence electrons. The van der Waals surface area contributed by atoms with Crippen LogP contribution in [0, 0.1) is 5.41 Å². The third kappa shape index (κ3) is 6.23. The van der Waals surface area contributed by atoms with Gasteiger partial charge in [-0.15, -0.1) is 0 Å². The maximum Gasteiger partial charge on any atom is 0.214 e. The summed E-state index contributed by atoms with van der Waals surface area (Å²) in [4.78, 5) is 0. The van der Waals surface area contributed by atoms with Crippen molar-refractivity contribution < 1.29 is 8.42 Å². The van der Waals surface area contributed by atoms with Crippen LogP contribution in [-0.2, 0) is 10.0 Å². The predicted molar refractivity (Wildman–Crippen MR) is 80.7 cm³/mol. The molecule has 0 aromatic carbocycles. The average Bonchev–Trinajstić information content (AvgIpc) is 2.27. The highest BCUT2D eigenvalue weighted by molar-refractivity contribution is 7.89. The minimum Gasteiger partial charge on any atom is -0.316 e. The van der Waals surface area contributed by atoms with Crippen molar-refractivity contribution in [2.24, 2.45) is 5.41 Å². The van der Waals surface area contributed by atoms with E-state index in [-0.39, 0.29) is 17.2 Å². The third-order valence-electron chi connectivity index (χ3n) is 3.51. The number of nitrogens with one attached hydrogen (secondary N) is 1. The molecule has 0 radical (unpaired) electrons. The molecule has 5 heteroatoms. The van der Waals surface area contributed by atoms with Crippen LogP contribution in [-0.4, -0.2) is 44.2 Å². The van der Waals surface area contributed by atoms with Gasteiger partial charge in [0, 0.05) is 12.6 Å². The molecular weight excluding hydrogens is 260 g/mol. The van der Waals surface area contributed by atoms with Gasteiger partial charge in [-0.1, -0.05) is 27.2 Å². The van der Waals surface area contributed by atoms with Gasteiger partial charge in [-0.2, -0.15) is 4.31 Å². The lowest BCUT2D eigenvalue weighted by Gasteiger charge is -2.32. The molecule has 0 aliphatic carbocycles. The summed E-state index contributed by atoms with van der Waals surface area (Å²) < 4.78 is 26.2. The van der Waals surface area contributed by atoms with E-state index in [1.165, 1.54) is 0 Å². The van der Waals surface area contributed by atoms with E-state index in [1.807, 2.05) is 6.92 Å². The lowest BCUT2D eigenvalue weighted by molar-refractivity contribution is 0.268. The van der Waals surface area contributed by atoms with Gasteiger partial charge in [-0.05, 0) is 44.7 Å². The second-order valence-corrected chi connectivity index (χ2v) is 8.90. The van der Waals surface area contributed by atoms with Crippen molar-refractivity contribution in [3.05, 3.63) is 0 Å². The first-order valence-electron chi connectivity index (χ1n) is 7.43. The number of nitrogens with zero attached hydrogens (tertiary/aromatic N) is 1. The molecule has 0 aromatic heterocycles. The standard InChI is InChI=1S/C14H30N2O2S/c1-13-8-5-6-10-16(13)19(17,18)11-7-9-15-12-14(2,3)4/h13,15H,5-12H2,1-4H3/t13-/m0/s1. The third-order valence-corrected chi connectivity index (χ3v) is 5.57. The minimum atomic E-state index is -3.06. The Balaban J connectivity index is 2.31. The van der Waals surface area contributed by atoms with Crippen LogP contribution in [0.15, 0.2) is 0 Å². The number of rotatable bonds is 6. The first-order chi connectivity index (χ1) is 8.72. The molecule has 4 nitrogen and oxygen atoms in total. The summed E-state index contributed by atoms with van der Waals surface area (Å²) in [6.07, 6.45) is 3.86. The number of sulfonamides is 1. The Hall–Kier alpha value is -0.130. The molecule has 1 saturated heterocycles. The van der Waals surface area contributed by atoms with Gasteiger partial charge < -0.3 is 5.32 Å². The van der Waals surface area contributed by atoms with Gasteiger partial charge >= 0.3 is 0 Å². The SMILES string of the molecule is C[C@H]1CCCCN1S(=O)(=O)CCCNCC(C)(C)C. The van der Waals surface area contributed by atoms with E-state index in [9.17, 15) is 8.42 Å². The molecular formula is C14H30N2O2S. The maximum absolute atomic E-state index is 12.3. The highest BCUT2D eigenvalue weighted by atomic mass is 32.2. The Bertz CT molecular complexity index is 360. The fourth-order valence-electron chi connectivity index (χ4n) is 2.45. The molecule has 0 saturated carbocycles. The Morgan fingerprint density at radius 1 is 1.26 bits per heavy atom. The first kappa shape index (κ1) is 16.9.